The summed E-state index contributed by atoms with van der Waals surface area (Å²) in [6.45, 7) is 1.78. The lowest BCUT2D eigenvalue weighted by Crippen LogP contribution is -1.98. The van der Waals surface area contributed by atoms with Gasteiger partial charge in [0.2, 0.25) is 0 Å². The Morgan fingerprint density at radius 1 is 1.26 bits per heavy atom. The molecular weight excluding hydrogens is 285 g/mol. The predicted molar refractivity (Wildman–Crippen MR) is 75.0 cm³/mol. The summed E-state index contributed by atoms with van der Waals surface area (Å²) in [6, 6.07) is 6.72. The van der Waals surface area contributed by atoms with Crippen LogP contribution < -0.4 is 4.74 Å². The predicted octanol–water partition coefficient (Wildman–Crippen LogP) is 4.17. The van der Waals surface area contributed by atoms with Crippen molar-refractivity contribution >= 4 is 29.0 Å². The van der Waals surface area contributed by atoms with Crippen molar-refractivity contribution in [2.24, 2.45) is 0 Å². The Morgan fingerprint density at radius 3 is 2.68 bits per heavy atom. The molecule has 0 atom stereocenters. The Balaban J connectivity index is 2.12. The van der Waals surface area contributed by atoms with Crippen molar-refractivity contribution in [3.8, 4) is 5.75 Å². The topological polar surface area (TPSA) is 39.2 Å². The fourth-order valence-corrected chi connectivity index (χ4v) is 1.92. The average molecular weight is 296 g/mol. The molecule has 2 rings (SSSR count). The van der Waals surface area contributed by atoms with Gasteiger partial charge in [-0.15, -0.1) is 0 Å². The molecule has 0 fully saturated rings. The van der Waals surface area contributed by atoms with E-state index < -0.39 is 0 Å². The van der Waals surface area contributed by atoms with Gasteiger partial charge in [0.05, 0.1) is 10.0 Å². The minimum absolute atomic E-state index is 0.0365. The summed E-state index contributed by atoms with van der Waals surface area (Å²) >= 11 is 12.0. The summed E-state index contributed by atoms with van der Waals surface area (Å²) in [7, 11) is 0. The van der Waals surface area contributed by atoms with Crippen LogP contribution in [0.3, 0.4) is 0 Å². The van der Waals surface area contributed by atoms with Crippen molar-refractivity contribution < 1.29 is 9.53 Å². The molecule has 1 aromatic carbocycles. The van der Waals surface area contributed by atoms with Gasteiger partial charge in [0, 0.05) is 23.5 Å². The monoisotopic (exact) mass is 295 g/mol. The number of rotatable bonds is 4. The quantitative estimate of drug-likeness (QED) is 0.795. The number of hydrogen-bond donors (Lipinski definition) is 0. The lowest BCUT2D eigenvalue weighted by Gasteiger charge is -2.09. The molecule has 0 bridgehead atoms. The van der Waals surface area contributed by atoms with Crippen LogP contribution in [0.4, 0.5) is 0 Å². The van der Waals surface area contributed by atoms with Gasteiger partial charge in [-0.3, -0.25) is 9.78 Å². The third-order valence-electron chi connectivity index (χ3n) is 2.58. The number of carbonyl (C=O) groups excluding carboxylic acids is 1. The highest BCUT2D eigenvalue weighted by atomic mass is 35.5. The molecule has 0 spiro atoms. The lowest BCUT2D eigenvalue weighted by atomic mass is 10.1. The SMILES string of the molecule is CC(=O)c1ccc(OCc2ccncc2Cl)c(Cl)c1. The number of nitrogens with zero attached hydrogens (tertiary/aromatic N) is 1. The standard InChI is InChI=1S/C14H11Cl2NO2/c1-9(18)10-2-3-14(12(15)6-10)19-8-11-4-5-17-7-13(11)16/h2-7H,8H2,1H3. The van der Waals surface area contributed by atoms with E-state index >= 15 is 0 Å². The van der Waals surface area contributed by atoms with Crippen LogP contribution in [0, 0.1) is 0 Å². The second-order valence-electron chi connectivity index (χ2n) is 3.96. The molecule has 5 heteroatoms. The molecular formula is C14H11Cl2NO2. The second kappa shape index (κ2) is 6.04. The molecule has 1 aromatic heterocycles. The Hall–Kier alpha value is -1.58. The number of hydrogen-bond acceptors (Lipinski definition) is 3. The first-order chi connectivity index (χ1) is 9.08. The number of carbonyl (C=O) groups is 1. The van der Waals surface area contributed by atoms with Crippen LogP contribution >= 0.6 is 23.2 Å². The molecule has 0 aliphatic heterocycles. The number of benzene rings is 1. The van der Waals surface area contributed by atoms with E-state index in [1.54, 1.807) is 36.7 Å². The number of ether oxygens (including phenoxy) is 1. The van der Waals surface area contributed by atoms with E-state index in [1.807, 2.05) is 0 Å². The molecule has 3 nitrogen and oxygen atoms in total. The Kier molecular flexibility index (Phi) is 4.40. The molecule has 0 N–H and O–H groups in total. The summed E-state index contributed by atoms with van der Waals surface area (Å²) in [4.78, 5) is 15.1. The second-order valence-corrected chi connectivity index (χ2v) is 4.77. The van der Waals surface area contributed by atoms with E-state index in [-0.39, 0.29) is 5.78 Å². The van der Waals surface area contributed by atoms with Crippen LogP contribution in [0.2, 0.25) is 10.0 Å². The highest BCUT2D eigenvalue weighted by Gasteiger charge is 2.07. The Labute approximate surface area is 121 Å². The van der Waals surface area contributed by atoms with Gasteiger partial charge in [-0.2, -0.15) is 0 Å². The summed E-state index contributed by atoms with van der Waals surface area (Å²) < 4.78 is 5.58. The van der Waals surface area contributed by atoms with Crippen molar-refractivity contribution in [2.75, 3.05) is 0 Å². The first kappa shape index (κ1) is 13.8. The van der Waals surface area contributed by atoms with Crippen molar-refractivity contribution in [3.63, 3.8) is 0 Å². The molecule has 0 saturated heterocycles. The number of halogens is 2. The van der Waals surface area contributed by atoms with Crippen molar-refractivity contribution in [3.05, 3.63) is 57.8 Å². The number of ketones is 1. The van der Waals surface area contributed by atoms with E-state index in [9.17, 15) is 4.79 Å². The first-order valence-electron chi connectivity index (χ1n) is 5.59. The van der Waals surface area contributed by atoms with Crippen LogP contribution in [0.25, 0.3) is 0 Å². The largest absolute Gasteiger partial charge is 0.487 e. The minimum atomic E-state index is -0.0365. The van der Waals surface area contributed by atoms with E-state index in [2.05, 4.69) is 4.98 Å². The fraction of sp³-hybridized carbons (Fsp3) is 0.143. The fourth-order valence-electron chi connectivity index (χ4n) is 1.51. The van der Waals surface area contributed by atoms with Crippen LogP contribution in [0.5, 0.6) is 5.75 Å². The molecule has 0 aliphatic rings. The molecule has 0 unspecified atom stereocenters. The third-order valence-corrected chi connectivity index (χ3v) is 3.21. The normalized spacial score (nSPS) is 10.3. The number of Topliss-reactive ketones (excluding diaryl/α,β-unsaturated/α-hetero) is 1. The van der Waals surface area contributed by atoms with Crippen LogP contribution in [0.15, 0.2) is 36.7 Å². The number of pyridine rings is 1. The molecule has 98 valence electrons. The zero-order chi connectivity index (χ0) is 13.8. The highest BCUT2D eigenvalue weighted by Crippen LogP contribution is 2.27. The summed E-state index contributed by atoms with van der Waals surface area (Å²) in [5.74, 6) is 0.477. The third kappa shape index (κ3) is 3.46. The van der Waals surface area contributed by atoms with Crippen LogP contribution in [-0.4, -0.2) is 10.8 Å². The van der Waals surface area contributed by atoms with Crippen molar-refractivity contribution in [1.82, 2.24) is 4.98 Å². The maximum atomic E-state index is 11.2. The summed E-state index contributed by atoms with van der Waals surface area (Å²) in [6.07, 6.45) is 3.20. The minimum Gasteiger partial charge on any atom is -0.487 e. The van der Waals surface area contributed by atoms with Gasteiger partial charge in [0.15, 0.2) is 5.78 Å². The van der Waals surface area contributed by atoms with Crippen molar-refractivity contribution in [2.45, 2.75) is 13.5 Å². The molecule has 1 heterocycles. The molecule has 19 heavy (non-hydrogen) atoms. The van der Waals surface area contributed by atoms with Gasteiger partial charge in [-0.05, 0) is 31.2 Å². The molecule has 0 radical (unpaired) electrons. The zero-order valence-electron chi connectivity index (χ0n) is 10.2. The summed E-state index contributed by atoms with van der Waals surface area (Å²) in [5.41, 5.74) is 1.38. The molecule has 2 aromatic rings. The Bertz CT molecular complexity index is 614. The summed E-state index contributed by atoms with van der Waals surface area (Å²) in [5, 5.41) is 0.942. The molecule has 0 amide bonds. The van der Waals surface area contributed by atoms with E-state index in [1.165, 1.54) is 6.92 Å². The molecule has 0 aliphatic carbocycles. The number of aromatic nitrogens is 1. The molecule has 0 saturated carbocycles. The van der Waals surface area contributed by atoms with Crippen LogP contribution in [0.1, 0.15) is 22.8 Å². The maximum absolute atomic E-state index is 11.2. The zero-order valence-corrected chi connectivity index (χ0v) is 11.7. The van der Waals surface area contributed by atoms with E-state index in [0.717, 1.165) is 5.56 Å². The van der Waals surface area contributed by atoms with Gasteiger partial charge in [-0.1, -0.05) is 23.2 Å². The maximum Gasteiger partial charge on any atom is 0.159 e. The van der Waals surface area contributed by atoms with Gasteiger partial charge < -0.3 is 4.74 Å². The van der Waals surface area contributed by atoms with Crippen molar-refractivity contribution in [1.29, 1.82) is 0 Å². The van der Waals surface area contributed by atoms with Gasteiger partial charge in [0.1, 0.15) is 12.4 Å². The van der Waals surface area contributed by atoms with E-state index in [0.29, 0.717) is 28.0 Å². The lowest BCUT2D eigenvalue weighted by molar-refractivity contribution is 0.101. The first-order valence-corrected chi connectivity index (χ1v) is 6.35. The highest BCUT2D eigenvalue weighted by molar-refractivity contribution is 6.32. The van der Waals surface area contributed by atoms with Gasteiger partial charge in [0.25, 0.3) is 0 Å². The van der Waals surface area contributed by atoms with Crippen LogP contribution in [-0.2, 0) is 6.61 Å². The Morgan fingerprint density at radius 2 is 2.05 bits per heavy atom. The van der Waals surface area contributed by atoms with Gasteiger partial charge in [-0.25, -0.2) is 0 Å². The van der Waals surface area contributed by atoms with E-state index in [4.69, 9.17) is 27.9 Å². The van der Waals surface area contributed by atoms with Gasteiger partial charge >= 0.3 is 0 Å². The smallest absolute Gasteiger partial charge is 0.159 e. The average Bonchev–Trinajstić information content (AvgIpc) is 2.39.